The van der Waals surface area contributed by atoms with Crippen molar-refractivity contribution >= 4 is 11.1 Å². The zero-order valence-electron chi connectivity index (χ0n) is 9.72. The molecule has 0 spiro atoms. The molecule has 0 unspecified atom stereocenters. The average molecular weight is 204 g/mol. The summed E-state index contributed by atoms with van der Waals surface area (Å²) >= 11 is 0. The van der Waals surface area contributed by atoms with Gasteiger partial charge in [0.25, 0.3) is 0 Å². The molecular formula is C12H16N2O. The summed E-state index contributed by atoms with van der Waals surface area (Å²) in [5, 5.41) is 0. The molecule has 3 heteroatoms. The normalized spacial score (nSPS) is 11.2. The molecule has 0 amide bonds. The van der Waals surface area contributed by atoms with Crippen molar-refractivity contribution in [2.75, 3.05) is 0 Å². The van der Waals surface area contributed by atoms with Crippen molar-refractivity contribution in [3.63, 3.8) is 0 Å². The van der Waals surface area contributed by atoms with Crippen molar-refractivity contribution in [3.8, 4) is 0 Å². The van der Waals surface area contributed by atoms with Crippen LogP contribution >= 0.6 is 0 Å². The van der Waals surface area contributed by atoms with Gasteiger partial charge in [-0.05, 0) is 20.3 Å². The Kier molecular flexibility index (Phi) is 2.47. The SMILES string of the molecule is CCc1nc(CC)c2oc(C)c(C)c2n1. The first kappa shape index (κ1) is 10.1. The molecule has 0 N–H and O–H groups in total. The molecule has 2 aromatic heterocycles. The number of aryl methyl sites for hydroxylation is 4. The molecule has 0 aliphatic heterocycles. The van der Waals surface area contributed by atoms with Crippen molar-refractivity contribution in [1.29, 1.82) is 0 Å². The van der Waals surface area contributed by atoms with Gasteiger partial charge in [-0.25, -0.2) is 9.97 Å². The molecule has 0 aliphatic carbocycles. The number of fused-ring (bicyclic) bond motifs is 1. The third-order valence-electron chi connectivity index (χ3n) is 2.77. The molecule has 80 valence electrons. The van der Waals surface area contributed by atoms with Gasteiger partial charge in [-0.3, -0.25) is 0 Å². The van der Waals surface area contributed by atoms with Gasteiger partial charge < -0.3 is 4.42 Å². The molecule has 2 rings (SSSR count). The zero-order valence-corrected chi connectivity index (χ0v) is 9.72. The van der Waals surface area contributed by atoms with Gasteiger partial charge in [0.15, 0.2) is 5.58 Å². The molecule has 15 heavy (non-hydrogen) atoms. The minimum Gasteiger partial charge on any atom is -0.457 e. The predicted molar refractivity (Wildman–Crippen MR) is 60.0 cm³/mol. The number of aromatic nitrogens is 2. The van der Waals surface area contributed by atoms with Crippen LogP contribution in [-0.4, -0.2) is 9.97 Å². The Morgan fingerprint density at radius 3 is 2.40 bits per heavy atom. The molecule has 0 aliphatic rings. The highest BCUT2D eigenvalue weighted by molar-refractivity contribution is 5.79. The van der Waals surface area contributed by atoms with E-state index in [1.54, 1.807) is 0 Å². The Hall–Kier alpha value is -1.38. The lowest BCUT2D eigenvalue weighted by atomic mass is 10.2. The molecular weight excluding hydrogens is 188 g/mol. The summed E-state index contributed by atoms with van der Waals surface area (Å²) in [5.74, 6) is 1.85. The van der Waals surface area contributed by atoms with Crippen LogP contribution in [0.5, 0.6) is 0 Å². The van der Waals surface area contributed by atoms with E-state index < -0.39 is 0 Å². The molecule has 0 radical (unpaired) electrons. The third kappa shape index (κ3) is 1.52. The fourth-order valence-corrected chi connectivity index (χ4v) is 1.70. The first-order valence-electron chi connectivity index (χ1n) is 5.42. The Morgan fingerprint density at radius 1 is 1.07 bits per heavy atom. The summed E-state index contributed by atoms with van der Waals surface area (Å²) < 4.78 is 5.70. The fraction of sp³-hybridized carbons (Fsp3) is 0.500. The Labute approximate surface area is 89.5 Å². The van der Waals surface area contributed by atoms with E-state index in [9.17, 15) is 0 Å². The number of furan rings is 1. The third-order valence-corrected chi connectivity index (χ3v) is 2.77. The molecule has 2 aromatic rings. The van der Waals surface area contributed by atoms with Crippen LogP contribution in [0.2, 0.25) is 0 Å². The molecule has 2 heterocycles. The summed E-state index contributed by atoms with van der Waals surface area (Å²) in [6, 6.07) is 0. The summed E-state index contributed by atoms with van der Waals surface area (Å²) in [4.78, 5) is 9.01. The molecule has 0 bridgehead atoms. The smallest absolute Gasteiger partial charge is 0.174 e. The first-order chi connectivity index (χ1) is 7.17. The predicted octanol–water partition coefficient (Wildman–Crippen LogP) is 2.96. The van der Waals surface area contributed by atoms with E-state index in [0.29, 0.717) is 0 Å². The van der Waals surface area contributed by atoms with Crippen LogP contribution in [0, 0.1) is 13.8 Å². The summed E-state index contributed by atoms with van der Waals surface area (Å²) in [6.45, 7) is 8.19. The van der Waals surface area contributed by atoms with Crippen molar-refractivity contribution in [2.24, 2.45) is 0 Å². The molecule has 3 nitrogen and oxygen atoms in total. The first-order valence-corrected chi connectivity index (χ1v) is 5.42. The maximum absolute atomic E-state index is 5.70. The highest BCUT2D eigenvalue weighted by Crippen LogP contribution is 2.25. The van der Waals surface area contributed by atoms with Crippen LogP contribution < -0.4 is 0 Å². The quantitative estimate of drug-likeness (QED) is 0.755. The molecule has 0 saturated heterocycles. The van der Waals surface area contributed by atoms with Gasteiger partial charge in [-0.1, -0.05) is 13.8 Å². The average Bonchev–Trinajstić information content (AvgIpc) is 2.54. The van der Waals surface area contributed by atoms with Gasteiger partial charge >= 0.3 is 0 Å². The van der Waals surface area contributed by atoms with Gasteiger partial charge in [0.1, 0.15) is 17.1 Å². The fourth-order valence-electron chi connectivity index (χ4n) is 1.70. The summed E-state index contributed by atoms with van der Waals surface area (Å²) in [6.07, 6.45) is 1.75. The molecule has 0 atom stereocenters. The number of rotatable bonds is 2. The second kappa shape index (κ2) is 3.65. The number of hydrogen-bond donors (Lipinski definition) is 0. The topological polar surface area (TPSA) is 38.9 Å². The van der Waals surface area contributed by atoms with Gasteiger partial charge in [0.05, 0.1) is 5.69 Å². The maximum atomic E-state index is 5.70. The van der Waals surface area contributed by atoms with Gasteiger partial charge in [-0.2, -0.15) is 0 Å². The van der Waals surface area contributed by atoms with Crippen molar-refractivity contribution in [1.82, 2.24) is 9.97 Å². The Balaban J connectivity index is 2.80. The van der Waals surface area contributed by atoms with Crippen LogP contribution in [0.15, 0.2) is 4.42 Å². The van der Waals surface area contributed by atoms with E-state index in [1.165, 1.54) is 0 Å². The standard InChI is InChI=1S/C12H16N2O/c1-5-9-12-11(7(3)8(4)15-12)14-10(6-2)13-9/h5-6H2,1-4H3. The van der Waals surface area contributed by atoms with Gasteiger partial charge in [-0.15, -0.1) is 0 Å². The molecule has 0 fully saturated rings. The van der Waals surface area contributed by atoms with E-state index in [0.717, 1.165) is 46.8 Å². The summed E-state index contributed by atoms with van der Waals surface area (Å²) in [5.41, 5.74) is 4.01. The van der Waals surface area contributed by atoms with Crippen LogP contribution in [0.25, 0.3) is 11.1 Å². The minimum absolute atomic E-state index is 0.865. The second-order valence-electron chi connectivity index (χ2n) is 3.75. The lowest BCUT2D eigenvalue weighted by Crippen LogP contribution is -1.98. The lowest BCUT2D eigenvalue weighted by Gasteiger charge is -2.00. The second-order valence-corrected chi connectivity index (χ2v) is 3.75. The zero-order chi connectivity index (χ0) is 11.0. The molecule has 0 aromatic carbocycles. The van der Waals surface area contributed by atoms with E-state index in [4.69, 9.17) is 4.42 Å². The van der Waals surface area contributed by atoms with Crippen molar-refractivity contribution < 1.29 is 4.42 Å². The maximum Gasteiger partial charge on any atom is 0.174 e. The number of nitrogens with zero attached hydrogens (tertiary/aromatic N) is 2. The minimum atomic E-state index is 0.865. The van der Waals surface area contributed by atoms with Gasteiger partial charge in [0, 0.05) is 12.0 Å². The van der Waals surface area contributed by atoms with Crippen LogP contribution in [0.1, 0.15) is 36.7 Å². The highest BCUT2D eigenvalue weighted by atomic mass is 16.3. The highest BCUT2D eigenvalue weighted by Gasteiger charge is 2.13. The van der Waals surface area contributed by atoms with Crippen LogP contribution in [-0.2, 0) is 12.8 Å². The van der Waals surface area contributed by atoms with E-state index in [2.05, 4.69) is 23.8 Å². The van der Waals surface area contributed by atoms with Crippen LogP contribution in [0.4, 0.5) is 0 Å². The Morgan fingerprint density at radius 2 is 1.80 bits per heavy atom. The van der Waals surface area contributed by atoms with E-state index in [1.807, 2.05) is 13.8 Å². The van der Waals surface area contributed by atoms with Crippen molar-refractivity contribution in [2.45, 2.75) is 40.5 Å². The van der Waals surface area contributed by atoms with Crippen LogP contribution in [0.3, 0.4) is 0 Å². The van der Waals surface area contributed by atoms with Crippen molar-refractivity contribution in [3.05, 3.63) is 22.8 Å². The summed E-state index contributed by atoms with van der Waals surface area (Å²) in [7, 11) is 0. The molecule has 0 saturated carbocycles. The largest absolute Gasteiger partial charge is 0.457 e. The number of hydrogen-bond acceptors (Lipinski definition) is 3. The Bertz CT molecular complexity index is 500. The van der Waals surface area contributed by atoms with E-state index in [-0.39, 0.29) is 0 Å². The monoisotopic (exact) mass is 204 g/mol. The lowest BCUT2D eigenvalue weighted by molar-refractivity contribution is 0.568. The van der Waals surface area contributed by atoms with Gasteiger partial charge in [0.2, 0.25) is 0 Å². The van der Waals surface area contributed by atoms with E-state index >= 15 is 0 Å².